The molecule has 1 aliphatic rings. The van der Waals surface area contributed by atoms with Crippen LogP contribution in [0.3, 0.4) is 0 Å². The lowest BCUT2D eigenvalue weighted by atomic mass is 9.86. The summed E-state index contributed by atoms with van der Waals surface area (Å²) in [4.78, 5) is 13.7. The van der Waals surface area contributed by atoms with Crippen molar-refractivity contribution in [3.8, 4) is 10.6 Å². The van der Waals surface area contributed by atoms with Crippen LogP contribution in [0.25, 0.3) is 10.6 Å². The molecule has 23 heavy (non-hydrogen) atoms. The maximum Gasteiger partial charge on any atom is 0.433 e. The normalized spacial score (nSPS) is 16.7. The van der Waals surface area contributed by atoms with Crippen LogP contribution in [0.15, 0.2) is 12.1 Å². The van der Waals surface area contributed by atoms with Gasteiger partial charge in [-0.3, -0.25) is 9.89 Å². The van der Waals surface area contributed by atoms with Gasteiger partial charge in [0, 0.05) is 11.5 Å². The zero-order chi connectivity index (χ0) is 16.6. The molecule has 0 atom stereocenters. The van der Waals surface area contributed by atoms with Gasteiger partial charge < -0.3 is 0 Å². The number of rotatable bonds is 3. The molecule has 0 bridgehead atoms. The Kier molecular flexibility index (Phi) is 4.31. The fraction of sp³-hybridized carbons (Fsp3) is 0.500. The van der Waals surface area contributed by atoms with Gasteiger partial charge in [0.1, 0.15) is 11.4 Å². The van der Waals surface area contributed by atoms with Gasteiger partial charge in [-0.2, -0.15) is 18.3 Å². The Labute approximate surface area is 135 Å². The number of carbonyl (C=O) groups is 1. The number of aromatic amines is 1. The molecule has 0 aliphatic heterocycles. The summed E-state index contributed by atoms with van der Waals surface area (Å²) >= 11 is 1.23. The fourth-order valence-electron chi connectivity index (χ4n) is 3.08. The van der Waals surface area contributed by atoms with Crippen LogP contribution in [0.1, 0.15) is 53.0 Å². The zero-order valence-corrected chi connectivity index (χ0v) is 13.5. The van der Waals surface area contributed by atoms with E-state index in [4.69, 9.17) is 0 Å². The van der Waals surface area contributed by atoms with Gasteiger partial charge >= 0.3 is 6.18 Å². The summed E-state index contributed by atoms with van der Waals surface area (Å²) in [7, 11) is 0. The first kappa shape index (κ1) is 16.2. The summed E-state index contributed by atoms with van der Waals surface area (Å²) in [6, 6.07) is 3.39. The number of ketones is 1. The first-order chi connectivity index (χ1) is 10.9. The third kappa shape index (κ3) is 3.20. The Balaban J connectivity index is 1.85. The Morgan fingerprint density at radius 2 is 1.96 bits per heavy atom. The smallest absolute Gasteiger partial charge is 0.293 e. The summed E-state index contributed by atoms with van der Waals surface area (Å²) in [5.74, 6) is 0.173. The number of hydrogen-bond donors (Lipinski definition) is 1. The molecule has 1 aliphatic carbocycles. The first-order valence-electron chi connectivity index (χ1n) is 7.64. The Morgan fingerprint density at radius 3 is 2.57 bits per heavy atom. The molecule has 0 aromatic carbocycles. The van der Waals surface area contributed by atoms with Gasteiger partial charge in [0.25, 0.3) is 0 Å². The second-order valence-electron chi connectivity index (χ2n) is 5.93. The average molecular weight is 342 g/mol. The molecule has 2 aromatic rings. The summed E-state index contributed by atoms with van der Waals surface area (Å²) in [6.07, 6.45) is 0.682. The second kappa shape index (κ2) is 6.11. The van der Waals surface area contributed by atoms with E-state index in [1.165, 1.54) is 24.7 Å². The van der Waals surface area contributed by atoms with Crippen LogP contribution < -0.4 is 0 Å². The average Bonchev–Trinajstić information content (AvgIpc) is 3.13. The van der Waals surface area contributed by atoms with Gasteiger partial charge in [0.2, 0.25) is 0 Å². The van der Waals surface area contributed by atoms with E-state index in [0.717, 1.165) is 25.7 Å². The maximum atomic E-state index is 12.8. The highest BCUT2D eigenvalue weighted by atomic mass is 32.1. The highest BCUT2D eigenvalue weighted by molar-refractivity contribution is 7.17. The van der Waals surface area contributed by atoms with Crippen LogP contribution in [0.2, 0.25) is 0 Å². The quantitative estimate of drug-likeness (QED) is 0.777. The van der Waals surface area contributed by atoms with Crippen molar-refractivity contribution in [1.82, 2.24) is 10.2 Å². The molecule has 3 nitrogen and oxygen atoms in total. The zero-order valence-electron chi connectivity index (χ0n) is 12.7. The van der Waals surface area contributed by atoms with Gasteiger partial charge in [0.05, 0.1) is 9.75 Å². The minimum absolute atomic E-state index is 0.0567. The molecule has 3 rings (SSSR count). The lowest BCUT2D eigenvalue weighted by molar-refractivity contribution is -0.141. The fourth-order valence-corrected chi connectivity index (χ4v) is 4.15. The van der Waals surface area contributed by atoms with Gasteiger partial charge in [-0.1, -0.05) is 19.3 Å². The van der Waals surface area contributed by atoms with E-state index in [2.05, 4.69) is 10.2 Å². The van der Waals surface area contributed by atoms with E-state index in [0.29, 0.717) is 9.75 Å². The Hall–Kier alpha value is -1.63. The molecule has 2 aromatic heterocycles. The molecular formula is C16H17F3N2OS. The Bertz CT molecular complexity index is 711. The van der Waals surface area contributed by atoms with Crippen molar-refractivity contribution in [3.05, 3.63) is 28.3 Å². The molecule has 1 saturated carbocycles. The summed E-state index contributed by atoms with van der Waals surface area (Å²) in [6.45, 7) is 1.39. The van der Waals surface area contributed by atoms with Gasteiger partial charge in [-0.15, -0.1) is 11.3 Å². The van der Waals surface area contributed by atoms with E-state index in [1.54, 1.807) is 12.1 Å². The monoisotopic (exact) mass is 342 g/mol. The number of H-pyrrole nitrogens is 1. The molecule has 1 N–H and O–H groups in total. The van der Waals surface area contributed by atoms with Crippen molar-refractivity contribution in [3.63, 3.8) is 0 Å². The molecule has 2 heterocycles. The van der Waals surface area contributed by atoms with E-state index >= 15 is 0 Å². The molecule has 1 fully saturated rings. The van der Waals surface area contributed by atoms with Gasteiger partial charge in [-0.25, -0.2) is 0 Å². The third-order valence-corrected chi connectivity index (χ3v) is 5.46. The van der Waals surface area contributed by atoms with Crippen LogP contribution >= 0.6 is 11.3 Å². The van der Waals surface area contributed by atoms with Gasteiger partial charge in [0.15, 0.2) is 5.78 Å². The Morgan fingerprint density at radius 1 is 1.26 bits per heavy atom. The molecule has 7 heteroatoms. The number of thiophene rings is 1. The number of hydrogen-bond acceptors (Lipinski definition) is 3. The summed E-state index contributed by atoms with van der Waals surface area (Å²) in [5.41, 5.74) is -0.498. The molecule has 124 valence electrons. The lowest BCUT2D eigenvalue weighted by Crippen LogP contribution is -2.16. The summed E-state index contributed by atoms with van der Waals surface area (Å²) < 4.78 is 38.5. The highest BCUT2D eigenvalue weighted by Crippen LogP contribution is 2.37. The van der Waals surface area contributed by atoms with Gasteiger partial charge in [-0.05, 0) is 31.9 Å². The number of carbonyl (C=O) groups excluding carboxylic acids is 1. The van der Waals surface area contributed by atoms with Crippen LogP contribution in [0.4, 0.5) is 13.2 Å². The molecule has 0 saturated heterocycles. The molecule has 0 unspecified atom stereocenters. The minimum Gasteiger partial charge on any atom is -0.293 e. The lowest BCUT2D eigenvalue weighted by Gasteiger charge is -2.19. The van der Waals surface area contributed by atoms with E-state index < -0.39 is 11.9 Å². The number of Topliss-reactive ketones (excluding diaryl/α,β-unsaturated/α-hetero) is 1. The van der Waals surface area contributed by atoms with Crippen molar-refractivity contribution in [2.75, 3.05) is 0 Å². The molecule has 0 amide bonds. The van der Waals surface area contributed by atoms with Crippen molar-refractivity contribution in [1.29, 1.82) is 0 Å². The van der Waals surface area contributed by atoms with E-state index in [1.807, 2.05) is 0 Å². The van der Waals surface area contributed by atoms with Crippen molar-refractivity contribution in [2.24, 2.45) is 5.92 Å². The number of halogens is 3. The minimum atomic E-state index is -4.45. The molecule has 0 spiro atoms. The van der Waals surface area contributed by atoms with Crippen LogP contribution in [-0.4, -0.2) is 16.0 Å². The van der Waals surface area contributed by atoms with Crippen LogP contribution in [-0.2, 0) is 6.18 Å². The van der Waals surface area contributed by atoms with Crippen molar-refractivity contribution in [2.45, 2.75) is 45.2 Å². The van der Waals surface area contributed by atoms with Crippen molar-refractivity contribution >= 4 is 17.1 Å². The number of nitrogens with one attached hydrogen (secondary N) is 1. The van der Waals surface area contributed by atoms with Crippen molar-refractivity contribution < 1.29 is 18.0 Å². The highest BCUT2D eigenvalue weighted by Gasteiger charge is 2.36. The maximum absolute atomic E-state index is 12.8. The molecule has 0 radical (unpaired) electrons. The predicted molar refractivity (Wildman–Crippen MR) is 82.5 cm³/mol. The van der Waals surface area contributed by atoms with E-state index in [9.17, 15) is 18.0 Å². The largest absolute Gasteiger partial charge is 0.433 e. The standard InChI is InChI=1S/C16H17F3N2OS/c1-9-13(20-21-15(9)16(17,18)19)11-7-8-12(23-11)14(22)10-5-3-2-4-6-10/h7-8,10H,2-6H2,1H3,(H,20,21). The van der Waals surface area contributed by atoms with Crippen LogP contribution in [0, 0.1) is 12.8 Å². The first-order valence-corrected chi connectivity index (χ1v) is 8.46. The number of aromatic nitrogens is 2. The number of nitrogens with zero attached hydrogens (tertiary/aromatic N) is 1. The SMILES string of the molecule is Cc1c(-c2ccc(C(=O)C3CCCCC3)s2)n[nH]c1C(F)(F)F. The second-order valence-corrected chi connectivity index (χ2v) is 7.02. The van der Waals surface area contributed by atoms with Crippen LogP contribution in [0.5, 0.6) is 0 Å². The predicted octanol–water partition coefficient (Wildman–Crippen LogP) is 5.23. The van der Waals surface area contributed by atoms with E-state index in [-0.39, 0.29) is 23.0 Å². The topological polar surface area (TPSA) is 45.8 Å². The summed E-state index contributed by atoms with van der Waals surface area (Å²) in [5, 5.41) is 5.85. The third-order valence-electron chi connectivity index (χ3n) is 4.35. The number of alkyl halides is 3. The molecular weight excluding hydrogens is 325 g/mol.